The smallest absolute Gasteiger partial charge is 0.336 e. The Hall–Kier alpha value is -3.95. The number of carbonyl (C=O) groups is 5. The average molecular weight is 408 g/mol. The van der Waals surface area contributed by atoms with Gasteiger partial charge in [-0.25, -0.2) is 19.2 Å². The lowest BCUT2D eigenvalue weighted by atomic mass is 9.99. The highest BCUT2D eigenvalue weighted by atomic mass is 16.5. The second kappa shape index (κ2) is 11.7. The largest absolute Gasteiger partial charge is 0.481 e. The zero-order valence-electron chi connectivity index (χ0n) is 15.5. The number of rotatable bonds is 9. The zero-order valence-corrected chi connectivity index (χ0v) is 15.5. The van der Waals surface area contributed by atoms with Crippen LogP contribution in [0.3, 0.4) is 0 Å². The number of hydrogen-bond donors (Lipinski definition) is 4. The van der Waals surface area contributed by atoms with E-state index in [1.807, 2.05) is 0 Å². The fourth-order valence-corrected chi connectivity index (χ4v) is 1.87. The van der Waals surface area contributed by atoms with E-state index in [0.29, 0.717) is 5.56 Å². The fraction of sp³-hybridized carbons (Fsp3) is 0.211. The lowest BCUT2D eigenvalue weighted by Crippen LogP contribution is -2.14. The van der Waals surface area contributed by atoms with E-state index in [-0.39, 0.29) is 35.3 Å². The molecule has 0 heterocycles. The molecule has 0 saturated heterocycles. The van der Waals surface area contributed by atoms with Crippen LogP contribution in [-0.4, -0.2) is 56.9 Å². The van der Waals surface area contributed by atoms with Crippen LogP contribution in [-0.2, 0) is 25.5 Å². The molecule has 0 atom stereocenters. The average Bonchev–Trinajstić information content (AvgIpc) is 2.60. The molecule has 0 aliphatic heterocycles. The topological polar surface area (TPSA) is 176 Å². The van der Waals surface area contributed by atoms with Crippen LogP contribution in [0.1, 0.15) is 39.6 Å². The lowest BCUT2D eigenvalue weighted by Gasteiger charge is -2.09. The van der Waals surface area contributed by atoms with Crippen LogP contribution in [0.4, 0.5) is 0 Å². The monoisotopic (exact) mass is 408 g/mol. The standard InChI is InChI=1S/C14H14O6.C5H6O4/c1-8(2)14(19)20-7-6-9-4-3-5-10(12(15)16)11(9)13(17)18;1-3(5(8)9)2-4(6)7/h3-5H,1,6-7H2,2H3,(H,15,16)(H,17,18);1-2H2,(H,6,7)(H,8,9). The number of esters is 1. The van der Waals surface area contributed by atoms with Gasteiger partial charge in [0.2, 0.25) is 0 Å². The maximum atomic E-state index is 11.2. The predicted octanol–water partition coefficient (Wildman–Crippen LogP) is 1.85. The molecule has 0 saturated carbocycles. The molecule has 10 nitrogen and oxygen atoms in total. The normalized spacial score (nSPS) is 9.41. The molecule has 1 aromatic rings. The molecule has 0 aliphatic rings. The first kappa shape index (κ1) is 25.1. The van der Waals surface area contributed by atoms with E-state index in [4.69, 9.17) is 25.2 Å². The van der Waals surface area contributed by atoms with Gasteiger partial charge in [0, 0.05) is 17.6 Å². The molecular weight excluding hydrogens is 388 g/mol. The number of hydrogen-bond acceptors (Lipinski definition) is 6. The summed E-state index contributed by atoms with van der Waals surface area (Å²) >= 11 is 0. The van der Waals surface area contributed by atoms with Gasteiger partial charge in [0.1, 0.15) is 0 Å². The Morgan fingerprint density at radius 1 is 0.966 bits per heavy atom. The molecule has 29 heavy (non-hydrogen) atoms. The highest BCUT2D eigenvalue weighted by Crippen LogP contribution is 2.16. The van der Waals surface area contributed by atoms with Crippen molar-refractivity contribution in [2.45, 2.75) is 19.8 Å². The van der Waals surface area contributed by atoms with Crippen LogP contribution >= 0.6 is 0 Å². The van der Waals surface area contributed by atoms with E-state index in [1.165, 1.54) is 25.1 Å². The zero-order chi connectivity index (χ0) is 22.7. The maximum Gasteiger partial charge on any atom is 0.336 e. The van der Waals surface area contributed by atoms with Crippen molar-refractivity contribution in [3.05, 3.63) is 59.2 Å². The van der Waals surface area contributed by atoms with Gasteiger partial charge in [0.05, 0.1) is 24.2 Å². The molecule has 0 aliphatic carbocycles. The first-order valence-corrected chi connectivity index (χ1v) is 7.92. The quantitative estimate of drug-likeness (QED) is 0.348. The van der Waals surface area contributed by atoms with Crippen molar-refractivity contribution in [2.75, 3.05) is 6.61 Å². The van der Waals surface area contributed by atoms with Gasteiger partial charge in [-0.1, -0.05) is 25.3 Å². The van der Waals surface area contributed by atoms with E-state index in [2.05, 4.69) is 13.2 Å². The minimum Gasteiger partial charge on any atom is -0.481 e. The first-order valence-electron chi connectivity index (χ1n) is 7.92. The molecule has 0 spiro atoms. The third-order valence-electron chi connectivity index (χ3n) is 3.22. The Bertz CT molecular complexity index is 851. The third kappa shape index (κ3) is 9.00. The van der Waals surface area contributed by atoms with E-state index in [1.54, 1.807) is 0 Å². The highest BCUT2D eigenvalue weighted by molar-refractivity contribution is 6.02. The molecule has 156 valence electrons. The van der Waals surface area contributed by atoms with Crippen molar-refractivity contribution in [3.63, 3.8) is 0 Å². The van der Waals surface area contributed by atoms with Gasteiger partial charge in [-0.3, -0.25) is 4.79 Å². The summed E-state index contributed by atoms with van der Waals surface area (Å²) in [6.45, 7) is 7.88. The molecule has 4 N–H and O–H groups in total. The van der Waals surface area contributed by atoms with E-state index < -0.39 is 36.3 Å². The van der Waals surface area contributed by atoms with E-state index in [0.717, 1.165) is 0 Å². The summed E-state index contributed by atoms with van der Waals surface area (Å²) in [5, 5.41) is 34.1. The Labute approximate surface area is 165 Å². The maximum absolute atomic E-state index is 11.2. The SMILES string of the molecule is C=C(C)C(=O)OCCc1cccc(C(=O)O)c1C(=O)O.C=C(CC(=O)O)C(=O)O. The molecule has 0 fully saturated rings. The molecular formula is C19H20O10. The van der Waals surface area contributed by atoms with Gasteiger partial charge in [-0.2, -0.15) is 0 Å². The van der Waals surface area contributed by atoms with Crippen molar-refractivity contribution in [1.29, 1.82) is 0 Å². The van der Waals surface area contributed by atoms with Crippen molar-refractivity contribution in [1.82, 2.24) is 0 Å². The lowest BCUT2D eigenvalue weighted by molar-refractivity contribution is -0.139. The minimum atomic E-state index is -1.33. The summed E-state index contributed by atoms with van der Waals surface area (Å²) in [7, 11) is 0. The Morgan fingerprint density at radius 3 is 1.93 bits per heavy atom. The van der Waals surface area contributed by atoms with Crippen molar-refractivity contribution >= 4 is 29.8 Å². The number of ether oxygens (including phenoxy) is 1. The summed E-state index contributed by atoms with van der Waals surface area (Å²) in [6.07, 6.45) is -0.392. The predicted molar refractivity (Wildman–Crippen MR) is 98.9 cm³/mol. The summed E-state index contributed by atoms with van der Waals surface area (Å²) < 4.78 is 4.86. The van der Waals surface area contributed by atoms with Gasteiger partial charge in [0.15, 0.2) is 0 Å². The number of carboxylic acid groups (broad SMARTS) is 4. The third-order valence-corrected chi connectivity index (χ3v) is 3.22. The molecule has 0 unspecified atom stereocenters. The summed E-state index contributed by atoms with van der Waals surface area (Å²) in [5.74, 6) is -5.66. The summed E-state index contributed by atoms with van der Waals surface area (Å²) in [6, 6.07) is 4.16. The van der Waals surface area contributed by atoms with E-state index in [9.17, 15) is 24.0 Å². The van der Waals surface area contributed by atoms with Gasteiger partial charge in [-0.05, 0) is 18.6 Å². The number of benzene rings is 1. The molecule has 1 rings (SSSR count). The number of aromatic carboxylic acids is 2. The van der Waals surface area contributed by atoms with Gasteiger partial charge in [-0.15, -0.1) is 0 Å². The van der Waals surface area contributed by atoms with Crippen LogP contribution in [0.2, 0.25) is 0 Å². The van der Waals surface area contributed by atoms with Gasteiger partial charge < -0.3 is 25.2 Å². The van der Waals surface area contributed by atoms with Crippen molar-refractivity contribution in [2.24, 2.45) is 0 Å². The number of carbonyl (C=O) groups excluding carboxylic acids is 1. The molecule has 0 radical (unpaired) electrons. The second-order valence-corrected chi connectivity index (χ2v) is 5.60. The van der Waals surface area contributed by atoms with Gasteiger partial charge >= 0.3 is 29.8 Å². The molecule has 0 amide bonds. The Kier molecular flexibility index (Phi) is 10.1. The minimum absolute atomic E-state index is 0.0466. The highest BCUT2D eigenvalue weighted by Gasteiger charge is 2.19. The van der Waals surface area contributed by atoms with Crippen LogP contribution in [0.5, 0.6) is 0 Å². The number of carboxylic acids is 4. The van der Waals surface area contributed by atoms with Crippen LogP contribution in [0, 0.1) is 0 Å². The number of aliphatic carboxylic acids is 2. The van der Waals surface area contributed by atoms with Crippen LogP contribution in [0.15, 0.2) is 42.5 Å². The van der Waals surface area contributed by atoms with Gasteiger partial charge in [0.25, 0.3) is 0 Å². The Morgan fingerprint density at radius 2 is 1.55 bits per heavy atom. The summed E-state index contributed by atoms with van der Waals surface area (Å²) in [4.78, 5) is 53.0. The van der Waals surface area contributed by atoms with Crippen LogP contribution in [0.25, 0.3) is 0 Å². The molecule has 0 bridgehead atoms. The van der Waals surface area contributed by atoms with Crippen LogP contribution < -0.4 is 0 Å². The second-order valence-electron chi connectivity index (χ2n) is 5.60. The summed E-state index contributed by atoms with van der Waals surface area (Å²) in [5.41, 5.74) is -0.343. The fourth-order valence-electron chi connectivity index (χ4n) is 1.87. The molecule has 1 aromatic carbocycles. The first-order chi connectivity index (χ1) is 13.4. The van der Waals surface area contributed by atoms with E-state index >= 15 is 0 Å². The van der Waals surface area contributed by atoms with Crippen molar-refractivity contribution in [3.8, 4) is 0 Å². The Balaban J connectivity index is 0.000000734. The molecule has 10 heteroatoms. The molecule has 0 aromatic heterocycles. The van der Waals surface area contributed by atoms with Crippen molar-refractivity contribution < 1.29 is 49.1 Å².